The molecular weight excluding hydrogens is 224 g/mol. The van der Waals surface area contributed by atoms with Gasteiger partial charge in [-0.2, -0.15) is 0 Å². The lowest BCUT2D eigenvalue weighted by Gasteiger charge is -2.27. The molecule has 0 radical (unpaired) electrons. The molecule has 2 heterocycles. The van der Waals surface area contributed by atoms with E-state index in [2.05, 4.69) is 33.9 Å². The first-order valence-corrected chi connectivity index (χ1v) is 7.43. The molecule has 1 N–H and O–H groups in total. The second-order valence-corrected chi connectivity index (χ2v) is 5.90. The third-order valence-corrected chi connectivity index (χ3v) is 4.71. The number of nitrogens with one attached hydrogen (secondary N) is 1. The average molecular weight is 248 g/mol. The number of hydrogen-bond acceptors (Lipinski definition) is 3. The van der Waals surface area contributed by atoms with E-state index in [1.165, 1.54) is 44.3 Å². The van der Waals surface area contributed by atoms with Gasteiger partial charge in [0.2, 0.25) is 0 Å². The van der Waals surface area contributed by atoms with Gasteiger partial charge in [0.05, 0.1) is 6.04 Å². The molecule has 3 atom stereocenters. The zero-order valence-corrected chi connectivity index (χ0v) is 11.5. The van der Waals surface area contributed by atoms with Crippen LogP contribution in [-0.4, -0.2) is 20.8 Å². The summed E-state index contributed by atoms with van der Waals surface area (Å²) in [5.74, 6) is 3.17. The Bertz CT molecular complexity index is 412. The lowest BCUT2D eigenvalue weighted by molar-refractivity contribution is 0.340. The Kier molecular flexibility index (Phi) is 3.37. The van der Waals surface area contributed by atoms with Gasteiger partial charge in [-0.3, -0.25) is 0 Å². The van der Waals surface area contributed by atoms with Crippen LogP contribution in [0.4, 0.5) is 0 Å². The molecule has 0 bridgehead atoms. The lowest BCUT2D eigenvalue weighted by Crippen LogP contribution is -2.35. The van der Waals surface area contributed by atoms with Gasteiger partial charge < -0.3 is 9.88 Å². The molecule has 0 spiro atoms. The van der Waals surface area contributed by atoms with E-state index in [0.717, 1.165) is 18.3 Å². The van der Waals surface area contributed by atoms with Gasteiger partial charge >= 0.3 is 0 Å². The van der Waals surface area contributed by atoms with Crippen molar-refractivity contribution in [3.8, 4) is 0 Å². The fourth-order valence-electron chi connectivity index (χ4n) is 3.55. The summed E-state index contributed by atoms with van der Waals surface area (Å²) >= 11 is 0. The molecule has 0 unspecified atom stereocenters. The zero-order valence-electron chi connectivity index (χ0n) is 11.5. The maximum Gasteiger partial charge on any atom is 0.150 e. The summed E-state index contributed by atoms with van der Waals surface area (Å²) in [5.41, 5.74) is 0. The van der Waals surface area contributed by atoms with Crippen LogP contribution in [0.2, 0.25) is 0 Å². The lowest BCUT2D eigenvalue weighted by atomic mass is 10.0. The monoisotopic (exact) mass is 248 g/mol. The first-order valence-electron chi connectivity index (χ1n) is 7.43. The van der Waals surface area contributed by atoms with Crippen molar-refractivity contribution in [1.29, 1.82) is 0 Å². The second kappa shape index (κ2) is 5.00. The molecule has 2 aliphatic rings. The van der Waals surface area contributed by atoms with Crippen molar-refractivity contribution in [1.82, 2.24) is 20.1 Å². The normalized spacial score (nSPS) is 31.6. The Morgan fingerprint density at radius 1 is 1.28 bits per heavy atom. The molecule has 4 heteroatoms. The van der Waals surface area contributed by atoms with E-state index < -0.39 is 0 Å². The number of fused-ring (bicyclic) bond motifs is 1. The van der Waals surface area contributed by atoms with Gasteiger partial charge in [-0.1, -0.05) is 13.3 Å². The molecule has 100 valence electrons. The van der Waals surface area contributed by atoms with Crippen molar-refractivity contribution in [2.75, 3.05) is 0 Å². The summed E-state index contributed by atoms with van der Waals surface area (Å²) in [5, 5.41) is 12.4. The van der Waals surface area contributed by atoms with Crippen molar-refractivity contribution >= 4 is 0 Å². The first-order chi connectivity index (χ1) is 8.78. The minimum Gasteiger partial charge on any atom is -0.314 e. The first kappa shape index (κ1) is 12.2. The molecule has 1 fully saturated rings. The second-order valence-electron chi connectivity index (χ2n) is 5.90. The van der Waals surface area contributed by atoms with Gasteiger partial charge in [0, 0.05) is 12.6 Å². The van der Waals surface area contributed by atoms with E-state index >= 15 is 0 Å². The number of rotatable bonds is 3. The maximum atomic E-state index is 4.37. The van der Waals surface area contributed by atoms with Crippen LogP contribution in [-0.2, 0) is 6.54 Å². The fraction of sp³-hybridized carbons (Fsp3) is 0.857. The number of hydrogen-bond donors (Lipinski definition) is 1. The van der Waals surface area contributed by atoms with Crippen LogP contribution >= 0.6 is 0 Å². The van der Waals surface area contributed by atoms with E-state index in [9.17, 15) is 0 Å². The van der Waals surface area contributed by atoms with Crippen molar-refractivity contribution in [2.24, 2.45) is 5.92 Å². The summed E-state index contributed by atoms with van der Waals surface area (Å²) in [6.45, 7) is 5.46. The number of aromatic nitrogens is 3. The summed E-state index contributed by atoms with van der Waals surface area (Å²) in [4.78, 5) is 0. The third-order valence-electron chi connectivity index (χ3n) is 4.71. The largest absolute Gasteiger partial charge is 0.314 e. The smallest absolute Gasteiger partial charge is 0.150 e. The molecule has 0 saturated heterocycles. The average Bonchev–Trinajstić information content (AvgIpc) is 2.98. The summed E-state index contributed by atoms with van der Waals surface area (Å²) in [7, 11) is 0. The van der Waals surface area contributed by atoms with Crippen LogP contribution in [0.3, 0.4) is 0 Å². The molecule has 1 aromatic heterocycles. The van der Waals surface area contributed by atoms with Crippen LogP contribution in [0, 0.1) is 12.8 Å². The van der Waals surface area contributed by atoms with E-state index in [-0.39, 0.29) is 0 Å². The molecular formula is C14H24N4. The fourth-order valence-corrected chi connectivity index (χ4v) is 3.55. The van der Waals surface area contributed by atoms with Gasteiger partial charge in [0.25, 0.3) is 0 Å². The van der Waals surface area contributed by atoms with E-state index in [1.54, 1.807) is 0 Å². The molecule has 4 nitrogen and oxygen atoms in total. The highest BCUT2D eigenvalue weighted by Crippen LogP contribution is 2.31. The quantitative estimate of drug-likeness (QED) is 0.894. The van der Waals surface area contributed by atoms with Gasteiger partial charge in [-0.15, -0.1) is 10.2 Å². The number of nitrogens with zero attached hydrogens (tertiary/aromatic N) is 3. The molecule has 1 aromatic rings. The Labute approximate surface area is 109 Å². The Hall–Kier alpha value is -0.900. The van der Waals surface area contributed by atoms with Gasteiger partial charge in [-0.05, 0) is 44.9 Å². The molecule has 3 rings (SSSR count). The predicted molar refractivity (Wildman–Crippen MR) is 71.3 cm³/mol. The summed E-state index contributed by atoms with van der Waals surface area (Å²) in [6.07, 6.45) is 7.87. The topological polar surface area (TPSA) is 42.7 Å². The van der Waals surface area contributed by atoms with Crippen LogP contribution in [0.15, 0.2) is 0 Å². The van der Waals surface area contributed by atoms with Gasteiger partial charge in [0.1, 0.15) is 11.6 Å². The van der Waals surface area contributed by atoms with Crippen LogP contribution in [0.5, 0.6) is 0 Å². The molecule has 1 aliphatic carbocycles. The summed E-state index contributed by atoms with van der Waals surface area (Å²) < 4.78 is 2.29. The Morgan fingerprint density at radius 2 is 2.17 bits per heavy atom. The van der Waals surface area contributed by atoms with Crippen molar-refractivity contribution in [2.45, 2.75) is 71.0 Å². The van der Waals surface area contributed by atoms with E-state index in [0.29, 0.717) is 12.1 Å². The minimum absolute atomic E-state index is 0.431. The number of aryl methyl sites for hydroxylation is 1. The van der Waals surface area contributed by atoms with Gasteiger partial charge in [0.15, 0.2) is 0 Å². The van der Waals surface area contributed by atoms with Crippen LogP contribution in [0.25, 0.3) is 0 Å². The predicted octanol–water partition coefficient (Wildman–Crippen LogP) is 2.59. The minimum atomic E-state index is 0.431. The van der Waals surface area contributed by atoms with E-state index in [1.807, 2.05) is 0 Å². The van der Waals surface area contributed by atoms with E-state index in [4.69, 9.17) is 0 Å². The molecule has 1 aliphatic heterocycles. The Balaban J connectivity index is 1.67. The molecule has 1 saturated carbocycles. The highest BCUT2D eigenvalue weighted by Gasteiger charge is 2.29. The van der Waals surface area contributed by atoms with Crippen LogP contribution < -0.4 is 5.32 Å². The highest BCUT2D eigenvalue weighted by atomic mass is 15.3. The summed E-state index contributed by atoms with van der Waals surface area (Å²) in [6, 6.07) is 1.13. The molecule has 0 amide bonds. The maximum absolute atomic E-state index is 4.37. The zero-order chi connectivity index (χ0) is 12.5. The Morgan fingerprint density at radius 3 is 2.94 bits per heavy atom. The highest BCUT2D eigenvalue weighted by molar-refractivity contribution is 5.04. The third kappa shape index (κ3) is 2.18. The van der Waals surface area contributed by atoms with Crippen LogP contribution in [0.1, 0.15) is 63.1 Å². The van der Waals surface area contributed by atoms with Gasteiger partial charge in [-0.25, -0.2) is 0 Å². The SMILES string of the molecule is CC[C@@H]1CC[C@H](N[C@H]2CCCn3c(C)nnc32)C1. The standard InChI is InChI=1S/C14H24N4/c1-3-11-6-7-12(9-11)15-13-5-4-8-18-10(2)16-17-14(13)18/h11-13,15H,3-9H2,1-2H3/t11-,12+,13+/m1/s1. The van der Waals surface area contributed by atoms with Crippen molar-refractivity contribution in [3.05, 3.63) is 11.6 Å². The van der Waals surface area contributed by atoms with Crippen molar-refractivity contribution < 1.29 is 0 Å². The van der Waals surface area contributed by atoms with Crippen molar-refractivity contribution in [3.63, 3.8) is 0 Å². The molecule has 18 heavy (non-hydrogen) atoms. The molecule has 0 aromatic carbocycles.